The fourth-order valence-corrected chi connectivity index (χ4v) is 4.32. The van der Waals surface area contributed by atoms with Gasteiger partial charge in [-0.05, 0) is 43.2 Å². The number of nitrogen functional groups attached to an aromatic ring is 1. The van der Waals surface area contributed by atoms with Gasteiger partial charge in [-0.3, -0.25) is 0 Å². The van der Waals surface area contributed by atoms with E-state index in [1.807, 2.05) is 0 Å². The number of halogens is 2. The average molecular weight is 450 g/mol. The van der Waals surface area contributed by atoms with Crippen LogP contribution in [-0.4, -0.2) is 32.9 Å². The third-order valence-corrected chi connectivity index (χ3v) is 5.99. The lowest BCUT2D eigenvalue weighted by Crippen LogP contribution is -2.23. The van der Waals surface area contributed by atoms with Gasteiger partial charge in [0.25, 0.3) is 0 Å². The SMILES string of the molecule is COc1ccc(-c2nc(NC3CCCCC3)nc3nn(-c4cccc(F)c4)c(N)c23)c(F)c1. The van der Waals surface area contributed by atoms with E-state index in [2.05, 4.69) is 20.4 Å². The predicted octanol–water partition coefficient (Wildman–Crippen LogP) is 5.10. The van der Waals surface area contributed by atoms with Crippen LogP contribution in [0.25, 0.3) is 28.0 Å². The number of benzene rings is 2. The number of aromatic nitrogens is 4. The Morgan fingerprint density at radius 2 is 1.88 bits per heavy atom. The second-order valence-corrected chi connectivity index (χ2v) is 8.20. The summed E-state index contributed by atoms with van der Waals surface area (Å²) in [6.45, 7) is 0. The molecular weight excluding hydrogens is 426 g/mol. The van der Waals surface area contributed by atoms with Crippen molar-refractivity contribution >= 4 is 22.8 Å². The first kappa shape index (κ1) is 21.1. The molecule has 170 valence electrons. The maximum absolute atomic E-state index is 15.1. The molecule has 1 saturated carbocycles. The Balaban J connectivity index is 1.69. The standard InChI is InChI=1S/C24H24F2N6O/c1-33-17-10-11-18(19(26)13-17)21-20-22(27)32(16-9-5-6-14(25)12-16)31-23(20)30-24(29-21)28-15-7-3-2-4-8-15/h5-6,9-13,15H,2-4,7-8,27H2,1H3,(H,28,30,31). The zero-order chi connectivity index (χ0) is 22.9. The summed E-state index contributed by atoms with van der Waals surface area (Å²) in [7, 11) is 1.48. The third-order valence-electron chi connectivity index (χ3n) is 5.99. The Morgan fingerprint density at radius 1 is 1.06 bits per heavy atom. The van der Waals surface area contributed by atoms with Crippen molar-refractivity contribution < 1.29 is 13.5 Å². The van der Waals surface area contributed by atoms with Crippen molar-refractivity contribution in [3.8, 4) is 22.7 Å². The minimum absolute atomic E-state index is 0.199. The molecule has 3 N–H and O–H groups in total. The lowest BCUT2D eigenvalue weighted by atomic mass is 9.96. The highest BCUT2D eigenvalue weighted by Gasteiger charge is 2.23. The molecule has 0 radical (unpaired) electrons. The Morgan fingerprint density at radius 3 is 2.61 bits per heavy atom. The normalized spacial score (nSPS) is 14.5. The predicted molar refractivity (Wildman–Crippen MR) is 123 cm³/mol. The number of nitrogens with one attached hydrogen (secondary N) is 1. The van der Waals surface area contributed by atoms with Crippen molar-refractivity contribution in [2.75, 3.05) is 18.2 Å². The summed E-state index contributed by atoms with van der Waals surface area (Å²) < 4.78 is 35.5. The van der Waals surface area contributed by atoms with Crippen LogP contribution < -0.4 is 15.8 Å². The molecule has 5 rings (SSSR count). The molecule has 1 fully saturated rings. The van der Waals surface area contributed by atoms with Gasteiger partial charge in [-0.1, -0.05) is 25.3 Å². The first-order chi connectivity index (χ1) is 16.0. The van der Waals surface area contributed by atoms with Gasteiger partial charge < -0.3 is 15.8 Å². The van der Waals surface area contributed by atoms with E-state index in [0.29, 0.717) is 34.1 Å². The van der Waals surface area contributed by atoms with E-state index < -0.39 is 11.6 Å². The largest absolute Gasteiger partial charge is 0.497 e. The van der Waals surface area contributed by atoms with Crippen LogP contribution >= 0.6 is 0 Å². The number of ether oxygens (including phenoxy) is 1. The Kier molecular flexibility index (Phi) is 5.53. The zero-order valence-electron chi connectivity index (χ0n) is 18.2. The van der Waals surface area contributed by atoms with Gasteiger partial charge in [0.05, 0.1) is 23.9 Å². The molecule has 0 unspecified atom stereocenters. The van der Waals surface area contributed by atoms with E-state index in [9.17, 15) is 4.39 Å². The van der Waals surface area contributed by atoms with E-state index in [4.69, 9.17) is 10.5 Å². The molecule has 2 aromatic heterocycles. The molecule has 4 aromatic rings. The zero-order valence-corrected chi connectivity index (χ0v) is 18.2. The topological polar surface area (TPSA) is 90.9 Å². The highest BCUT2D eigenvalue weighted by atomic mass is 19.1. The lowest BCUT2D eigenvalue weighted by Gasteiger charge is -2.22. The molecule has 2 heterocycles. The Hall–Kier alpha value is -3.75. The van der Waals surface area contributed by atoms with Gasteiger partial charge in [0.2, 0.25) is 5.95 Å². The summed E-state index contributed by atoms with van der Waals surface area (Å²) in [5.41, 5.74) is 7.74. The molecule has 1 aliphatic carbocycles. The number of anilines is 2. The number of methoxy groups -OCH3 is 1. The molecule has 0 amide bonds. The van der Waals surface area contributed by atoms with Crippen molar-refractivity contribution in [1.82, 2.24) is 19.7 Å². The van der Waals surface area contributed by atoms with Crippen LogP contribution in [0.4, 0.5) is 20.5 Å². The van der Waals surface area contributed by atoms with Crippen molar-refractivity contribution in [3.63, 3.8) is 0 Å². The van der Waals surface area contributed by atoms with Crippen molar-refractivity contribution in [1.29, 1.82) is 0 Å². The monoisotopic (exact) mass is 450 g/mol. The Labute approximate surface area is 189 Å². The summed E-state index contributed by atoms with van der Waals surface area (Å²) in [6.07, 6.45) is 5.54. The molecule has 1 aliphatic rings. The molecule has 33 heavy (non-hydrogen) atoms. The van der Waals surface area contributed by atoms with Gasteiger partial charge in [0.15, 0.2) is 5.65 Å². The molecule has 0 saturated heterocycles. The quantitative estimate of drug-likeness (QED) is 0.440. The van der Waals surface area contributed by atoms with E-state index in [0.717, 1.165) is 25.7 Å². The second kappa shape index (κ2) is 8.65. The summed E-state index contributed by atoms with van der Waals surface area (Å²) >= 11 is 0. The Bertz CT molecular complexity index is 1320. The lowest BCUT2D eigenvalue weighted by molar-refractivity contribution is 0.411. The molecule has 2 aromatic carbocycles. The minimum Gasteiger partial charge on any atom is -0.497 e. The van der Waals surface area contributed by atoms with Gasteiger partial charge in [0, 0.05) is 17.7 Å². The number of hydrogen-bond donors (Lipinski definition) is 2. The number of fused-ring (bicyclic) bond motifs is 1. The number of hydrogen-bond acceptors (Lipinski definition) is 6. The fourth-order valence-electron chi connectivity index (χ4n) is 4.32. The molecular formula is C24H24F2N6O. The molecule has 0 aliphatic heterocycles. The number of nitrogens with zero attached hydrogens (tertiary/aromatic N) is 4. The number of rotatable bonds is 5. The molecule has 7 nitrogen and oxygen atoms in total. The van der Waals surface area contributed by atoms with Crippen LogP contribution in [0.3, 0.4) is 0 Å². The molecule has 9 heteroatoms. The second-order valence-electron chi connectivity index (χ2n) is 8.20. The van der Waals surface area contributed by atoms with E-state index in [1.54, 1.807) is 24.3 Å². The van der Waals surface area contributed by atoms with E-state index in [-0.39, 0.29) is 17.4 Å². The van der Waals surface area contributed by atoms with Crippen LogP contribution in [0, 0.1) is 11.6 Å². The first-order valence-electron chi connectivity index (χ1n) is 11.0. The van der Waals surface area contributed by atoms with Gasteiger partial charge in [0.1, 0.15) is 23.2 Å². The van der Waals surface area contributed by atoms with Gasteiger partial charge in [-0.2, -0.15) is 4.98 Å². The van der Waals surface area contributed by atoms with E-state index >= 15 is 4.39 Å². The third kappa shape index (κ3) is 4.06. The smallest absolute Gasteiger partial charge is 0.225 e. The van der Waals surface area contributed by atoms with Crippen molar-refractivity contribution in [2.24, 2.45) is 0 Å². The highest BCUT2D eigenvalue weighted by Crippen LogP contribution is 2.35. The maximum atomic E-state index is 15.1. The van der Waals surface area contributed by atoms with Gasteiger partial charge >= 0.3 is 0 Å². The summed E-state index contributed by atoms with van der Waals surface area (Å²) in [5.74, 6) is 0.0357. The fraction of sp³-hybridized carbons (Fsp3) is 0.292. The van der Waals surface area contributed by atoms with Crippen molar-refractivity contribution in [2.45, 2.75) is 38.1 Å². The average Bonchev–Trinajstić information content (AvgIpc) is 3.15. The minimum atomic E-state index is -0.504. The molecule has 0 spiro atoms. The maximum Gasteiger partial charge on any atom is 0.225 e. The first-order valence-corrected chi connectivity index (χ1v) is 11.0. The van der Waals surface area contributed by atoms with Crippen LogP contribution in [0.1, 0.15) is 32.1 Å². The number of nitrogens with two attached hydrogens (primary N) is 1. The van der Waals surface area contributed by atoms with Crippen molar-refractivity contribution in [3.05, 3.63) is 54.1 Å². The highest BCUT2D eigenvalue weighted by molar-refractivity contribution is 5.99. The van der Waals surface area contributed by atoms with Crippen LogP contribution in [0.2, 0.25) is 0 Å². The van der Waals surface area contributed by atoms with Crippen LogP contribution in [0.15, 0.2) is 42.5 Å². The van der Waals surface area contributed by atoms with Crippen LogP contribution in [0.5, 0.6) is 5.75 Å². The van der Waals surface area contributed by atoms with Gasteiger partial charge in [-0.15, -0.1) is 5.10 Å². The molecule has 0 bridgehead atoms. The van der Waals surface area contributed by atoms with E-state index in [1.165, 1.54) is 36.4 Å². The summed E-state index contributed by atoms with van der Waals surface area (Å²) in [5, 5.41) is 8.30. The van der Waals surface area contributed by atoms with Gasteiger partial charge in [-0.25, -0.2) is 18.4 Å². The summed E-state index contributed by atoms with van der Waals surface area (Å²) in [6, 6.07) is 10.7. The van der Waals surface area contributed by atoms with Crippen LogP contribution in [-0.2, 0) is 0 Å². The molecule has 0 atom stereocenters. The summed E-state index contributed by atoms with van der Waals surface area (Å²) in [4.78, 5) is 9.23.